The van der Waals surface area contributed by atoms with Crippen LogP contribution in [0.15, 0.2) is 42.5 Å². The predicted octanol–water partition coefficient (Wildman–Crippen LogP) is 2.17. The predicted molar refractivity (Wildman–Crippen MR) is 90.2 cm³/mol. The number of methoxy groups -OCH3 is 1. The van der Waals surface area contributed by atoms with Crippen LogP contribution in [0.25, 0.3) is 0 Å². The maximum absolute atomic E-state index is 11.9. The third-order valence-corrected chi connectivity index (χ3v) is 4.27. The van der Waals surface area contributed by atoms with E-state index in [2.05, 4.69) is 5.32 Å². The van der Waals surface area contributed by atoms with Crippen molar-refractivity contribution < 1.29 is 28.6 Å². The van der Waals surface area contributed by atoms with Gasteiger partial charge in [-0.1, -0.05) is 23.7 Å². The van der Waals surface area contributed by atoms with Gasteiger partial charge in [-0.3, -0.25) is 9.36 Å². The van der Waals surface area contributed by atoms with E-state index in [9.17, 15) is 19.1 Å². The molecule has 0 radical (unpaired) electrons. The van der Waals surface area contributed by atoms with Crippen LogP contribution in [-0.4, -0.2) is 29.4 Å². The Bertz CT molecular complexity index is 791. The third-order valence-electron chi connectivity index (χ3n) is 2.97. The average Bonchev–Trinajstić information content (AvgIpc) is 2.52. The van der Waals surface area contributed by atoms with Crippen LogP contribution in [0, 0.1) is 0 Å². The van der Waals surface area contributed by atoms with E-state index in [-0.39, 0.29) is 11.1 Å². The van der Waals surface area contributed by atoms with Crippen LogP contribution in [0.2, 0.25) is 5.02 Å². The standard InChI is InChI=1S/C15H15ClNO6P/c1-22-12-7-6-10(8-11(12)16)17-15(18)9-23-13-4-2-3-5-14(13)24(19,20)21/h2-8H,9H2,1H3,(H,17,18)(H2,19,20,21). The molecule has 9 heteroatoms. The minimum absolute atomic E-state index is 0.0475. The largest absolute Gasteiger partial charge is 0.495 e. The highest BCUT2D eigenvalue weighted by Crippen LogP contribution is 2.37. The van der Waals surface area contributed by atoms with Gasteiger partial charge in [0, 0.05) is 5.69 Å². The summed E-state index contributed by atoms with van der Waals surface area (Å²) in [7, 11) is -3.01. The van der Waals surface area contributed by atoms with Gasteiger partial charge in [0.2, 0.25) is 0 Å². The van der Waals surface area contributed by atoms with Crippen molar-refractivity contribution in [1.29, 1.82) is 0 Å². The minimum atomic E-state index is -4.49. The Kier molecular flexibility index (Phi) is 5.85. The maximum atomic E-state index is 11.9. The van der Waals surface area contributed by atoms with Gasteiger partial charge < -0.3 is 24.6 Å². The van der Waals surface area contributed by atoms with Crippen molar-refractivity contribution in [3.63, 3.8) is 0 Å². The Hall–Kier alpha value is -2.05. The molecule has 2 aromatic carbocycles. The van der Waals surface area contributed by atoms with E-state index in [1.807, 2.05) is 0 Å². The lowest BCUT2D eigenvalue weighted by atomic mass is 10.3. The summed E-state index contributed by atoms with van der Waals surface area (Å²) in [4.78, 5) is 30.4. The smallest absolute Gasteiger partial charge is 0.359 e. The second kappa shape index (κ2) is 7.68. The molecular weight excluding hydrogens is 357 g/mol. The molecule has 0 unspecified atom stereocenters. The molecule has 0 atom stereocenters. The number of rotatable bonds is 6. The molecule has 0 bridgehead atoms. The van der Waals surface area contributed by atoms with Crippen molar-refractivity contribution in [2.24, 2.45) is 0 Å². The lowest BCUT2D eigenvalue weighted by Gasteiger charge is -2.12. The molecule has 0 saturated carbocycles. The van der Waals surface area contributed by atoms with Gasteiger partial charge in [-0.15, -0.1) is 0 Å². The third kappa shape index (κ3) is 4.72. The highest BCUT2D eigenvalue weighted by molar-refractivity contribution is 7.60. The normalized spacial score (nSPS) is 11.0. The first-order valence-corrected chi connectivity index (χ1v) is 8.71. The van der Waals surface area contributed by atoms with Crippen LogP contribution in [0.5, 0.6) is 11.5 Å². The Morgan fingerprint density at radius 3 is 2.54 bits per heavy atom. The topological polar surface area (TPSA) is 105 Å². The molecule has 0 heterocycles. The van der Waals surface area contributed by atoms with E-state index >= 15 is 0 Å². The summed E-state index contributed by atoms with van der Waals surface area (Å²) in [5.74, 6) is -0.0769. The number of nitrogens with one attached hydrogen (secondary N) is 1. The van der Waals surface area contributed by atoms with Crippen molar-refractivity contribution in [2.45, 2.75) is 0 Å². The van der Waals surface area contributed by atoms with Crippen LogP contribution in [0.4, 0.5) is 5.69 Å². The van der Waals surface area contributed by atoms with Gasteiger partial charge >= 0.3 is 7.60 Å². The van der Waals surface area contributed by atoms with Gasteiger partial charge in [-0.2, -0.15) is 0 Å². The number of carbonyl (C=O) groups is 1. The quantitative estimate of drug-likeness (QED) is 0.672. The molecule has 0 aromatic heterocycles. The van der Waals surface area contributed by atoms with Crippen LogP contribution in [0.3, 0.4) is 0 Å². The molecule has 7 nitrogen and oxygen atoms in total. The van der Waals surface area contributed by atoms with Crippen molar-refractivity contribution >= 4 is 36.1 Å². The van der Waals surface area contributed by atoms with E-state index in [0.717, 1.165) is 0 Å². The van der Waals surface area contributed by atoms with Crippen molar-refractivity contribution in [3.8, 4) is 11.5 Å². The lowest BCUT2D eigenvalue weighted by Crippen LogP contribution is -2.22. The first kappa shape index (κ1) is 18.3. The number of para-hydroxylation sites is 1. The Labute approximate surface area is 143 Å². The molecule has 0 aliphatic carbocycles. The van der Waals surface area contributed by atoms with Crippen LogP contribution >= 0.6 is 19.2 Å². The SMILES string of the molecule is COc1ccc(NC(=O)COc2ccccc2P(=O)(O)O)cc1Cl. The summed E-state index contributed by atoms with van der Waals surface area (Å²) in [6.07, 6.45) is 0. The summed E-state index contributed by atoms with van der Waals surface area (Å²) >= 11 is 5.96. The molecule has 3 N–H and O–H groups in total. The van der Waals surface area contributed by atoms with E-state index in [4.69, 9.17) is 21.1 Å². The first-order chi connectivity index (χ1) is 11.3. The van der Waals surface area contributed by atoms with Crippen molar-refractivity contribution in [2.75, 3.05) is 19.0 Å². The number of benzene rings is 2. The number of amides is 1. The second-order valence-corrected chi connectivity index (χ2v) is 6.67. The maximum Gasteiger partial charge on any atom is 0.359 e. The van der Waals surface area contributed by atoms with E-state index in [1.165, 1.54) is 31.4 Å². The number of anilines is 1. The fraction of sp³-hybridized carbons (Fsp3) is 0.133. The van der Waals surface area contributed by atoms with E-state index in [1.54, 1.807) is 18.2 Å². The van der Waals surface area contributed by atoms with Crippen LogP contribution in [0.1, 0.15) is 0 Å². The Morgan fingerprint density at radius 2 is 1.92 bits per heavy atom. The zero-order chi connectivity index (χ0) is 17.7. The highest BCUT2D eigenvalue weighted by Gasteiger charge is 2.22. The van der Waals surface area contributed by atoms with Gasteiger partial charge in [-0.05, 0) is 30.3 Å². The molecule has 128 valence electrons. The van der Waals surface area contributed by atoms with Gasteiger partial charge in [0.15, 0.2) is 6.61 Å². The summed E-state index contributed by atoms with van der Waals surface area (Å²) in [5.41, 5.74) is 0.442. The fourth-order valence-corrected chi connectivity index (χ4v) is 2.87. The summed E-state index contributed by atoms with van der Waals surface area (Å²) in [5, 5.41) is 2.63. The number of halogens is 1. The van der Waals surface area contributed by atoms with Crippen LogP contribution < -0.4 is 20.1 Å². The molecular formula is C15H15ClNO6P. The molecule has 1 amide bonds. The molecule has 2 rings (SSSR count). The summed E-state index contributed by atoms with van der Waals surface area (Å²) < 4.78 is 21.6. The Morgan fingerprint density at radius 1 is 1.21 bits per heavy atom. The Balaban J connectivity index is 2.02. The highest BCUT2D eigenvalue weighted by atomic mass is 35.5. The van der Waals surface area contributed by atoms with Gasteiger partial charge in [0.25, 0.3) is 5.91 Å². The second-order valence-electron chi connectivity index (χ2n) is 4.70. The number of carbonyl (C=O) groups excluding carboxylic acids is 1. The number of ether oxygens (including phenoxy) is 2. The van der Waals surface area contributed by atoms with Crippen molar-refractivity contribution in [3.05, 3.63) is 47.5 Å². The molecule has 0 spiro atoms. The minimum Gasteiger partial charge on any atom is -0.495 e. The zero-order valence-electron chi connectivity index (χ0n) is 12.6. The zero-order valence-corrected chi connectivity index (χ0v) is 14.3. The fourth-order valence-electron chi connectivity index (χ4n) is 1.90. The number of hydrogen-bond acceptors (Lipinski definition) is 4. The summed E-state index contributed by atoms with van der Waals surface area (Å²) in [6.45, 7) is -0.416. The number of hydrogen-bond donors (Lipinski definition) is 3. The first-order valence-electron chi connectivity index (χ1n) is 6.72. The molecule has 0 aliphatic rings. The summed E-state index contributed by atoms with van der Waals surface area (Å²) in [6, 6.07) is 10.4. The lowest BCUT2D eigenvalue weighted by molar-refractivity contribution is -0.118. The van der Waals surface area contributed by atoms with Gasteiger partial charge in [0.1, 0.15) is 16.8 Å². The van der Waals surface area contributed by atoms with Gasteiger partial charge in [0.05, 0.1) is 12.1 Å². The van der Waals surface area contributed by atoms with E-state index < -0.39 is 20.1 Å². The van der Waals surface area contributed by atoms with Gasteiger partial charge in [-0.25, -0.2) is 0 Å². The molecule has 0 aliphatic heterocycles. The van der Waals surface area contributed by atoms with Crippen LogP contribution in [-0.2, 0) is 9.36 Å². The van der Waals surface area contributed by atoms with Crippen molar-refractivity contribution in [1.82, 2.24) is 0 Å². The molecule has 0 saturated heterocycles. The molecule has 0 fully saturated rings. The molecule has 24 heavy (non-hydrogen) atoms. The van der Waals surface area contributed by atoms with E-state index in [0.29, 0.717) is 16.5 Å². The molecule has 2 aromatic rings. The monoisotopic (exact) mass is 371 g/mol. The average molecular weight is 372 g/mol.